The van der Waals surface area contributed by atoms with Gasteiger partial charge in [0.15, 0.2) is 0 Å². The molecule has 0 radical (unpaired) electrons. The summed E-state index contributed by atoms with van der Waals surface area (Å²) in [5.41, 5.74) is 1.48. The van der Waals surface area contributed by atoms with E-state index in [0.717, 1.165) is 44.3 Å². The number of carbonyl (C=O) groups excluding carboxylic acids is 2. The average molecular weight is 568 g/mol. The van der Waals surface area contributed by atoms with E-state index in [-0.39, 0.29) is 58.1 Å². The number of fused-ring (bicyclic) bond motifs is 1. The van der Waals surface area contributed by atoms with Crippen LogP contribution in [-0.2, 0) is 9.47 Å². The highest BCUT2D eigenvalue weighted by Gasteiger charge is 2.86. The van der Waals surface area contributed by atoms with Gasteiger partial charge in [0.2, 0.25) is 0 Å². The van der Waals surface area contributed by atoms with Gasteiger partial charge in [-0.3, -0.25) is 4.90 Å². The molecule has 6 aliphatic rings. The zero-order valence-electron chi connectivity index (χ0n) is 24.6. The molecule has 5 saturated carbocycles. The van der Waals surface area contributed by atoms with Gasteiger partial charge in [-0.15, -0.1) is 0 Å². The van der Waals surface area contributed by atoms with Crippen molar-refractivity contribution in [2.75, 3.05) is 13.1 Å². The van der Waals surface area contributed by atoms with E-state index in [2.05, 4.69) is 25.3 Å². The molecule has 0 aromatic heterocycles. The maximum atomic E-state index is 13.6. The fraction of sp³-hybridized carbons (Fsp3) is 0.556. The van der Waals surface area contributed by atoms with Crippen LogP contribution in [0.1, 0.15) is 66.7 Å². The van der Waals surface area contributed by atoms with Gasteiger partial charge in [0, 0.05) is 29.3 Å². The summed E-state index contributed by atoms with van der Waals surface area (Å²) in [4.78, 5) is 29.9. The largest absolute Gasteiger partial charge is 0.458 e. The lowest BCUT2D eigenvalue weighted by atomic mass is 9.43. The molecule has 6 heteroatoms. The van der Waals surface area contributed by atoms with Crippen LogP contribution in [0.4, 0.5) is 0 Å². The first kappa shape index (κ1) is 26.7. The van der Waals surface area contributed by atoms with Crippen LogP contribution in [0.2, 0.25) is 0 Å². The minimum atomic E-state index is -0.542. The quantitative estimate of drug-likeness (QED) is 0.379. The van der Waals surface area contributed by atoms with Crippen molar-refractivity contribution in [1.82, 2.24) is 4.90 Å². The Morgan fingerprint density at radius 3 is 2.26 bits per heavy atom. The first-order valence-corrected chi connectivity index (χ1v) is 15.9. The Morgan fingerprint density at radius 1 is 0.976 bits per heavy atom. The van der Waals surface area contributed by atoms with E-state index in [0.29, 0.717) is 23.5 Å². The number of carbonyl (C=O) groups is 2. The Morgan fingerprint density at radius 2 is 1.62 bits per heavy atom. The zero-order chi connectivity index (χ0) is 29.0. The molecule has 1 N–H and O–H groups in total. The molecule has 5 aliphatic carbocycles. The van der Waals surface area contributed by atoms with Crippen LogP contribution in [0.15, 0.2) is 72.8 Å². The second kappa shape index (κ2) is 9.03. The minimum absolute atomic E-state index is 0.0698. The van der Waals surface area contributed by atoms with Gasteiger partial charge in [-0.05, 0) is 91.7 Å². The number of aliphatic hydroxyl groups excluding tert-OH is 1. The molecule has 6 nitrogen and oxygen atoms in total. The van der Waals surface area contributed by atoms with Crippen LogP contribution in [0, 0.1) is 39.9 Å². The fourth-order valence-corrected chi connectivity index (χ4v) is 11.8. The van der Waals surface area contributed by atoms with Crippen molar-refractivity contribution >= 4 is 11.9 Å². The maximum Gasteiger partial charge on any atom is 0.338 e. The van der Waals surface area contributed by atoms with Gasteiger partial charge in [-0.25, -0.2) is 9.59 Å². The van der Waals surface area contributed by atoms with E-state index in [1.165, 1.54) is 0 Å². The molecular formula is C36H41NO5. The number of nitrogens with zero attached hydrogens (tertiary/aromatic N) is 1. The molecule has 11 atom stereocenters. The molecule has 2 spiro atoms. The molecule has 2 unspecified atom stereocenters. The summed E-state index contributed by atoms with van der Waals surface area (Å²) < 4.78 is 13.1. The molecular weight excluding hydrogens is 526 g/mol. The van der Waals surface area contributed by atoms with Crippen molar-refractivity contribution in [3.05, 3.63) is 83.9 Å². The van der Waals surface area contributed by atoms with Crippen LogP contribution in [0.3, 0.4) is 0 Å². The number of esters is 2. The highest BCUT2D eigenvalue weighted by Crippen LogP contribution is 2.84. The van der Waals surface area contributed by atoms with Gasteiger partial charge in [0.25, 0.3) is 0 Å². The van der Waals surface area contributed by atoms with Gasteiger partial charge >= 0.3 is 11.9 Å². The number of benzene rings is 2. The van der Waals surface area contributed by atoms with Gasteiger partial charge in [-0.2, -0.15) is 0 Å². The Balaban J connectivity index is 1.26. The molecule has 2 aromatic carbocycles. The molecule has 6 fully saturated rings. The summed E-state index contributed by atoms with van der Waals surface area (Å²) in [6.45, 7) is 11.2. The number of ether oxygens (including phenoxy) is 2. The average Bonchev–Trinajstić information content (AvgIpc) is 3.53. The third-order valence-corrected chi connectivity index (χ3v) is 13.0. The number of hydrogen-bond donors (Lipinski definition) is 1. The lowest BCUT2D eigenvalue weighted by molar-refractivity contribution is -0.218. The van der Waals surface area contributed by atoms with E-state index in [1.807, 2.05) is 48.5 Å². The molecule has 1 aliphatic heterocycles. The fourth-order valence-electron chi connectivity index (χ4n) is 11.8. The second-order valence-corrected chi connectivity index (χ2v) is 14.4. The van der Waals surface area contributed by atoms with Crippen LogP contribution in [0.25, 0.3) is 0 Å². The standard InChI is InChI=1S/C36H41NO5/c1-4-37-20-34(3)16-15-29(41-32(39)22-11-7-5-8-12-22)36-27(34)17-25(30(36)37)35-19-24(26(38)18-28(35)36)21(2)31(35)42-33(40)23-13-9-6-10-14-23/h5-14,24-31,38H,2,4,15-20H2,1,3H3/t24-,25+,26+,27-,28-,29+,30?,31-,34+,35?,36-/m1/s1. The summed E-state index contributed by atoms with van der Waals surface area (Å²) in [7, 11) is 0. The van der Waals surface area contributed by atoms with Crippen molar-refractivity contribution in [3.63, 3.8) is 0 Å². The molecule has 8 rings (SSSR count). The van der Waals surface area contributed by atoms with E-state index in [9.17, 15) is 14.7 Å². The summed E-state index contributed by atoms with van der Waals surface area (Å²) >= 11 is 0. The number of aliphatic hydroxyl groups is 1. The highest BCUT2D eigenvalue weighted by molar-refractivity contribution is 5.90. The Hall–Kier alpha value is -2.96. The lowest BCUT2D eigenvalue weighted by Gasteiger charge is -2.65. The minimum Gasteiger partial charge on any atom is -0.458 e. The predicted octanol–water partition coefficient (Wildman–Crippen LogP) is 5.52. The molecule has 0 amide bonds. The maximum absolute atomic E-state index is 13.6. The smallest absolute Gasteiger partial charge is 0.338 e. The Labute approximate surface area is 248 Å². The van der Waals surface area contributed by atoms with E-state index in [4.69, 9.17) is 9.47 Å². The molecule has 7 bridgehead atoms. The van der Waals surface area contributed by atoms with Crippen molar-refractivity contribution in [3.8, 4) is 0 Å². The van der Waals surface area contributed by atoms with Crippen molar-refractivity contribution in [2.45, 2.75) is 70.3 Å². The van der Waals surface area contributed by atoms with Gasteiger partial charge in [0.05, 0.1) is 17.2 Å². The summed E-state index contributed by atoms with van der Waals surface area (Å²) in [6, 6.07) is 18.8. The van der Waals surface area contributed by atoms with E-state index < -0.39 is 12.2 Å². The van der Waals surface area contributed by atoms with Crippen LogP contribution in [-0.4, -0.2) is 59.4 Å². The molecule has 220 valence electrons. The first-order valence-electron chi connectivity index (χ1n) is 15.9. The normalized spacial score (nSPS) is 44.5. The summed E-state index contributed by atoms with van der Waals surface area (Å²) in [5, 5.41) is 11.7. The molecule has 1 heterocycles. The van der Waals surface area contributed by atoms with E-state index >= 15 is 0 Å². The second-order valence-electron chi connectivity index (χ2n) is 14.4. The lowest BCUT2D eigenvalue weighted by Crippen LogP contribution is -2.69. The molecule has 1 saturated heterocycles. The van der Waals surface area contributed by atoms with Crippen molar-refractivity contribution in [2.24, 2.45) is 39.9 Å². The third-order valence-electron chi connectivity index (χ3n) is 13.0. The van der Waals surface area contributed by atoms with Crippen LogP contribution in [0.5, 0.6) is 0 Å². The van der Waals surface area contributed by atoms with Crippen molar-refractivity contribution in [1.29, 1.82) is 0 Å². The molecule has 2 aromatic rings. The number of piperidine rings is 1. The highest BCUT2D eigenvalue weighted by atomic mass is 16.6. The first-order chi connectivity index (χ1) is 20.3. The van der Waals surface area contributed by atoms with Crippen LogP contribution < -0.4 is 0 Å². The van der Waals surface area contributed by atoms with Gasteiger partial charge in [0.1, 0.15) is 12.2 Å². The summed E-state index contributed by atoms with van der Waals surface area (Å²) in [5.74, 6) is 0.0763. The van der Waals surface area contributed by atoms with E-state index in [1.54, 1.807) is 12.1 Å². The SMILES string of the molecule is C=C1[C@H]2CC3([C@@H]1OC(=O)c1ccccc1)[C@@H](C[C@@H]2O)[C@]12C4[C@@H]3C[C@@H]1[C@@](C)(CC[C@@H]2OC(=O)c1ccccc1)CN4CC. The number of rotatable bonds is 5. The van der Waals surface area contributed by atoms with Crippen LogP contribution >= 0.6 is 0 Å². The topological polar surface area (TPSA) is 76.1 Å². The van der Waals surface area contributed by atoms with Gasteiger partial charge < -0.3 is 14.6 Å². The Kier molecular flexibility index (Phi) is 5.73. The zero-order valence-corrected chi connectivity index (χ0v) is 24.6. The van der Waals surface area contributed by atoms with Gasteiger partial charge in [-0.1, -0.05) is 56.8 Å². The van der Waals surface area contributed by atoms with Crippen molar-refractivity contribution < 1.29 is 24.2 Å². The predicted molar refractivity (Wildman–Crippen MR) is 157 cm³/mol. The number of hydrogen-bond acceptors (Lipinski definition) is 6. The summed E-state index contributed by atoms with van der Waals surface area (Å²) in [6.07, 6.45) is 3.07. The monoisotopic (exact) mass is 567 g/mol. The third kappa shape index (κ3) is 3.18. The Bertz CT molecular complexity index is 1440. The molecule has 42 heavy (non-hydrogen) atoms. The number of likely N-dealkylation sites (tertiary alicyclic amines) is 1.